The summed E-state index contributed by atoms with van der Waals surface area (Å²) in [6.07, 6.45) is 0.605. The molecule has 0 aliphatic carbocycles. The first-order valence-corrected chi connectivity index (χ1v) is 4.47. The SMILES string of the molecule is CCC(C)(OC)C(=O)N[C@@H](C)CO. The van der Waals surface area contributed by atoms with Crippen LogP contribution in [0.25, 0.3) is 0 Å². The number of aliphatic hydroxyl groups is 1. The van der Waals surface area contributed by atoms with Crippen LogP contribution in [0.1, 0.15) is 27.2 Å². The molecule has 0 aromatic rings. The molecular weight excluding hydrogens is 170 g/mol. The molecule has 0 heterocycles. The molecule has 0 fully saturated rings. The van der Waals surface area contributed by atoms with Crippen LogP contribution in [0.15, 0.2) is 0 Å². The van der Waals surface area contributed by atoms with Crippen LogP contribution in [0, 0.1) is 0 Å². The van der Waals surface area contributed by atoms with Crippen LogP contribution >= 0.6 is 0 Å². The highest BCUT2D eigenvalue weighted by atomic mass is 16.5. The van der Waals surface area contributed by atoms with Crippen LogP contribution in [-0.2, 0) is 9.53 Å². The van der Waals surface area contributed by atoms with Crippen molar-refractivity contribution in [3.63, 3.8) is 0 Å². The Kier molecular flexibility index (Phi) is 4.95. The van der Waals surface area contributed by atoms with Gasteiger partial charge in [-0.25, -0.2) is 0 Å². The largest absolute Gasteiger partial charge is 0.394 e. The quantitative estimate of drug-likeness (QED) is 0.654. The van der Waals surface area contributed by atoms with Gasteiger partial charge in [0.2, 0.25) is 0 Å². The molecule has 4 nitrogen and oxygen atoms in total. The number of ether oxygens (including phenoxy) is 1. The topological polar surface area (TPSA) is 58.6 Å². The fourth-order valence-corrected chi connectivity index (χ4v) is 0.820. The Labute approximate surface area is 79.3 Å². The summed E-state index contributed by atoms with van der Waals surface area (Å²) in [6, 6.07) is -0.228. The summed E-state index contributed by atoms with van der Waals surface area (Å²) in [5.74, 6) is -0.181. The van der Waals surface area contributed by atoms with E-state index < -0.39 is 5.60 Å². The van der Waals surface area contributed by atoms with E-state index in [9.17, 15) is 4.79 Å². The highest BCUT2D eigenvalue weighted by Crippen LogP contribution is 2.13. The molecule has 0 saturated carbocycles. The fourth-order valence-electron chi connectivity index (χ4n) is 0.820. The highest BCUT2D eigenvalue weighted by molar-refractivity contribution is 5.84. The van der Waals surface area contributed by atoms with E-state index in [1.807, 2.05) is 6.92 Å². The smallest absolute Gasteiger partial charge is 0.252 e. The van der Waals surface area contributed by atoms with E-state index in [-0.39, 0.29) is 18.6 Å². The molecule has 0 bridgehead atoms. The van der Waals surface area contributed by atoms with Gasteiger partial charge in [0.05, 0.1) is 6.61 Å². The minimum Gasteiger partial charge on any atom is -0.394 e. The fraction of sp³-hybridized carbons (Fsp3) is 0.889. The molecule has 0 rings (SSSR count). The summed E-state index contributed by atoms with van der Waals surface area (Å²) < 4.78 is 5.10. The number of carbonyl (C=O) groups is 1. The van der Waals surface area contributed by atoms with E-state index in [2.05, 4.69) is 5.32 Å². The highest BCUT2D eigenvalue weighted by Gasteiger charge is 2.31. The molecule has 13 heavy (non-hydrogen) atoms. The Balaban J connectivity index is 4.22. The summed E-state index contributed by atoms with van der Waals surface area (Å²) in [5.41, 5.74) is -0.788. The molecular formula is C9H19NO3. The first-order valence-electron chi connectivity index (χ1n) is 4.47. The van der Waals surface area contributed by atoms with Crippen molar-refractivity contribution in [3.8, 4) is 0 Å². The maximum atomic E-state index is 11.5. The van der Waals surface area contributed by atoms with Crippen molar-refractivity contribution in [3.05, 3.63) is 0 Å². The number of rotatable bonds is 5. The lowest BCUT2D eigenvalue weighted by Gasteiger charge is -2.26. The van der Waals surface area contributed by atoms with E-state index in [4.69, 9.17) is 9.84 Å². The van der Waals surface area contributed by atoms with Crippen molar-refractivity contribution in [2.75, 3.05) is 13.7 Å². The Morgan fingerprint density at radius 2 is 2.23 bits per heavy atom. The zero-order valence-corrected chi connectivity index (χ0v) is 8.76. The molecule has 0 aliphatic heterocycles. The van der Waals surface area contributed by atoms with Gasteiger partial charge < -0.3 is 15.2 Å². The van der Waals surface area contributed by atoms with E-state index >= 15 is 0 Å². The summed E-state index contributed by atoms with van der Waals surface area (Å²) in [7, 11) is 1.51. The van der Waals surface area contributed by atoms with Crippen molar-refractivity contribution < 1.29 is 14.6 Å². The average Bonchev–Trinajstić information content (AvgIpc) is 2.16. The molecule has 0 radical (unpaired) electrons. The number of hydrogen-bond acceptors (Lipinski definition) is 3. The molecule has 78 valence electrons. The van der Waals surface area contributed by atoms with Crippen LogP contribution < -0.4 is 5.32 Å². The first-order chi connectivity index (χ1) is 6.00. The van der Waals surface area contributed by atoms with Crippen LogP contribution in [0.4, 0.5) is 0 Å². The molecule has 0 aromatic heterocycles. The van der Waals surface area contributed by atoms with Gasteiger partial charge in [-0.05, 0) is 20.3 Å². The molecule has 0 saturated heterocycles. The maximum Gasteiger partial charge on any atom is 0.252 e. The van der Waals surface area contributed by atoms with Crippen molar-refractivity contribution in [1.29, 1.82) is 0 Å². The molecule has 0 aliphatic rings. The van der Waals surface area contributed by atoms with Crippen LogP contribution in [0.5, 0.6) is 0 Å². The van der Waals surface area contributed by atoms with Gasteiger partial charge in [-0.2, -0.15) is 0 Å². The third-order valence-corrected chi connectivity index (χ3v) is 2.26. The zero-order chi connectivity index (χ0) is 10.5. The predicted octanol–water partition coefficient (Wildman–Crippen LogP) is 0.299. The van der Waals surface area contributed by atoms with Crippen molar-refractivity contribution in [2.45, 2.75) is 38.8 Å². The molecule has 1 amide bonds. The van der Waals surface area contributed by atoms with Crippen LogP contribution in [-0.4, -0.2) is 36.4 Å². The minimum atomic E-state index is -0.788. The number of carbonyl (C=O) groups excluding carboxylic acids is 1. The van der Waals surface area contributed by atoms with Crippen LogP contribution in [0.3, 0.4) is 0 Å². The van der Waals surface area contributed by atoms with Crippen LogP contribution in [0.2, 0.25) is 0 Å². The van der Waals surface area contributed by atoms with Gasteiger partial charge in [0.15, 0.2) is 0 Å². The molecule has 0 aromatic carbocycles. The van der Waals surface area contributed by atoms with Gasteiger partial charge >= 0.3 is 0 Å². The lowest BCUT2D eigenvalue weighted by molar-refractivity contribution is -0.142. The Morgan fingerprint density at radius 1 is 1.69 bits per heavy atom. The molecule has 2 N–H and O–H groups in total. The second-order valence-electron chi connectivity index (χ2n) is 3.35. The lowest BCUT2D eigenvalue weighted by Crippen LogP contribution is -2.49. The van der Waals surface area contributed by atoms with E-state index in [1.54, 1.807) is 13.8 Å². The summed E-state index contributed by atoms with van der Waals surface area (Å²) in [4.78, 5) is 11.5. The van der Waals surface area contributed by atoms with Gasteiger partial charge in [0.25, 0.3) is 5.91 Å². The van der Waals surface area contributed by atoms with E-state index in [0.29, 0.717) is 6.42 Å². The second kappa shape index (κ2) is 5.19. The van der Waals surface area contributed by atoms with Crippen molar-refractivity contribution >= 4 is 5.91 Å². The van der Waals surface area contributed by atoms with Gasteiger partial charge in [0, 0.05) is 13.2 Å². The number of methoxy groups -OCH3 is 1. The number of amides is 1. The predicted molar refractivity (Wildman–Crippen MR) is 50.4 cm³/mol. The Hall–Kier alpha value is -0.610. The third kappa shape index (κ3) is 3.32. The van der Waals surface area contributed by atoms with Crippen molar-refractivity contribution in [2.24, 2.45) is 0 Å². The maximum absolute atomic E-state index is 11.5. The average molecular weight is 189 g/mol. The number of nitrogens with one attached hydrogen (secondary N) is 1. The van der Waals surface area contributed by atoms with Gasteiger partial charge in [-0.1, -0.05) is 6.92 Å². The van der Waals surface area contributed by atoms with E-state index in [0.717, 1.165) is 0 Å². The third-order valence-electron chi connectivity index (χ3n) is 2.26. The summed E-state index contributed by atoms with van der Waals surface area (Å²) in [6.45, 7) is 5.29. The minimum absolute atomic E-state index is 0.0603. The normalized spacial score (nSPS) is 17.6. The number of aliphatic hydroxyl groups excluding tert-OH is 1. The van der Waals surface area contributed by atoms with Gasteiger partial charge in [0.1, 0.15) is 5.60 Å². The van der Waals surface area contributed by atoms with Gasteiger partial charge in [-0.15, -0.1) is 0 Å². The summed E-state index contributed by atoms with van der Waals surface area (Å²) in [5, 5.41) is 11.4. The monoisotopic (exact) mass is 189 g/mol. The molecule has 0 spiro atoms. The summed E-state index contributed by atoms with van der Waals surface area (Å²) >= 11 is 0. The second-order valence-corrected chi connectivity index (χ2v) is 3.35. The zero-order valence-electron chi connectivity index (χ0n) is 8.76. The molecule has 4 heteroatoms. The standard InChI is InChI=1S/C9H19NO3/c1-5-9(3,13-4)8(12)10-7(2)6-11/h7,11H,5-6H2,1-4H3,(H,10,12)/t7-,9?/m0/s1. The van der Waals surface area contributed by atoms with Crippen molar-refractivity contribution in [1.82, 2.24) is 5.32 Å². The molecule has 1 unspecified atom stereocenters. The lowest BCUT2D eigenvalue weighted by atomic mass is 10.0. The number of hydrogen-bond donors (Lipinski definition) is 2. The Bertz CT molecular complexity index is 166. The van der Waals surface area contributed by atoms with E-state index in [1.165, 1.54) is 7.11 Å². The first kappa shape index (κ1) is 12.4. The molecule has 2 atom stereocenters. The van der Waals surface area contributed by atoms with Gasteiger partial charge in [-0.3, -0.25) is 4.79 Å². The Morgan fingerprint density at radius 3 is 2.54 bits per heavy atom.